The predicted octanol–water partition coefficient (Wildman–Crippen LogP) is 5.32. The zero-order valence-electron chi connectivity index (χ0n) is 18.0. The molecule has 33 heavy (non-hydrogen) atoms. The van der Waals surface area contributed by atoms with Gasteiger partial charge in [-0.2, -0.15) is 23.3 Å². The molecule has 4 rings (SSSR count). The molecule has 0 aromatic carbocycles. The van der Waals surface area contributed by atoms with Gasteiger partial charge in [0.2, 0.25) is 0 Å². The number of nitrogens with zero attached hydrogens (tertiary/aromatic N) is 7. The van der Waals surface area contributed by atoms with Gasteiger partial charge in [0, 0.05) is 17.7 Å². The van der Waals surface area contributed by atoms with Crippen molar-refractivity contribution in [2.75, 3.05) is 0 Å². The predicted molar refractivity (Wildman–Crippen MR) is 115 cm³/mol. The zero-order chi connectivity index (χ0) is 23.8. The first kappa shape index (κ1) is 22.1. The fourth-order valence-corrected chi connectivity index (χ4v) is 3.29. The van der Waals surface area contributed by atoms with Crippen LogP contribution in [0, 0.1) is 13.5 Å². The van der Waals surface area contributed by atoms with Crippen molar-refractivity contribution >= 4 is 5.95 Å². The maximum absolute atomic E-state index is 12.9. The van der Waals surface area contributed by atoms with E-state index in [2.05, 4.69) is 24.9 Å². The van der Waals surface area contributed by atoms with E-state index in [9.17, 15) is 13.2 Å². The third kappa shape index (κ3) is 4.43. The van der Waals surface area contributed by atoms with E-state index in [0.717, 1.165) is 10.7 Å². The molecular weight excluding hydrogens is 431 g/mol. The molecule has 4 aromatic rings. The standard InChI is InChI=1S/C23H18F3N7/c1-14-13-16(30-21(27-4)28-14)15-7-5-8-17(29-15)22(2,3)18-9-6-10-20(31-18)33-12-11-19(32-33)23(24,25)26/h5-13H,1-3H3. The minimum absolute atomic E-state index is 0.0447. The van der Waals surface area contributed by atoms with Crippen LogP contribution in [-0.2, 0) is 11.6 Å². The van der Waals surface area contributed by atoms with Gasteiger partial charge < -0.3 is 4.85 Å². The molecule has 0 spiro atoms. The molecule has 0 atom stereocenters. The number of hydrogen-bond acceptors (Lipinski definition) is 5. The van der Waals surface area contributed by atoms with Crippen molar-refractivity contribution < 1.29 is 13.2 Å². The van der Waals surface area contributed by atoms with Crippen molar-refractivity contribution in [2.24, 2.45) is 0 Å². The smallest absolute Gasteiger partial charge is 0.394 e. The lowest BCUT2D eigenvalue weighted by atomic mass is 9.84. The van der Waals surface area contributed by atoms with E-state index >= 15 is 0 Å². The quantitative estimate of drug-likeness (QED) is 0.394. The molecule has 0 aliphatic rings. The summed E-state index contributed by atoms with van der Waals surface area (Å²) < 4.78 is 39.9. The Balaban J connectivity index is 1.72. The molecule has 0 fully saturated rings. The highest BCUT2D eigenvalue weighted by Gasteiger charge is 2.34. The Morgan fingerprint density at radius 1 is 0.848 bits per heavy atom. The Hall–Kier alpha value is -4.13. The fourth-order valence-electron chi connectivity index (χ4n) is 3.29. The molecular formula is C23H18F3N7. The SMILES string of the molecule is [C-]#[N+]c1nc(C)cc(-c2cccc(C(C)(C)c3cccc(-n4ccc(C(F)(F)F)n4)n3)n2)n1. The van der Waals surface area contributed by atoms with E-state index in [-0.39, 0.29) is 11.8 Å². The van der Waals surface area contributed by atoms with Crippen LogP contribution in [0.25, 0.3) is 22.1 Å². The number of pyridine rings is 2. The lowest BCUT2D eigenvalue weighted by Crippen LogP contribution is -2.23. The first-order valence-electron chi connectivity index (χ1n) is 9.90. The summed E-state index contributed by atoms with van der Waals surface area (Å²) in [5.41, 5.74) is 1.39. The molecule has 0 amide bonds. The fraction of sp³-hybridized carbons (Fsp3) is 0.217. The molecule has 4 heterocycles. The van der Waals surface area contributed by atoms with Crippen molar-refractivity contribution in [1.29, 1.82) is 0 Å². The number of alkyl halides is 3. The van der Waals surface area contributed by atoms with Crippen LogP contribution in [0.4, 0.5) is 19.1 Å². The molecule has 4 aromatic heterocycles. The summed E-state index contributed by atoms with van der Waals surface area (Å²) in [6.07, 6.45) is -3.30. The molecule has 0 aliphatic heterocycles. The number of aromatic nitrogens is 6. The summed E-state index contributed by atoms with van der Waals surface area (Å²) in [6.45, 7) is 12.8. The van der Waals surface area contributed by atoms with Crippen LogP contribution in [0.3, 0.4) is 0 Å². The molecule has 10 heteroatoms. The van der Waals surface area contributed by atoms with Crippen LogP contribution in [0.5, 0.6) is 0 Å². The molecule has 0 N–H and O–H groups in total. The highest BCUT2D eigenvalue weighted by molar-refractivity contribution is 5.57. The third-order valence-electron chi connectivity index (χ3n) is 5.08. The highest BCUT2D eigenvalue weighted by atomic mass is 19.4. The van der Waals surface area contributed by atoms with Crippen molar-refractivity contribution in [3.63, 3.8) is 0 Å². The number of halogens is 3. The Labute approximate surface area is 187 Å². The molecule has 166 valence electrons. The molecule has 0 radical (unpaired) electrons. The topological polar surface area (TPSA) is 73.7 Å². The Morgan fingerprint density at radius 2 is 1.55 bits per heavy atom. The normalized spacial score (nSPS) is 11.9. The van der Waals surface area contributed by atoms with Gasteiger partial charge in [0.25, 0.3) is 0 Å². The monoisotopic (exact) mass is 449 g/mol. The van der Waals surface area contributed by atoms with Gasteiger partial charge in [-0.3, -0.25) is 0 Å². The minimum Gasteiger partial charge on any atom is -0.394 e. The number of aryl methyl sites for hydroxylation is 1. The Kier molecular flexibility index (Phi) is 5.41. The Morgan fingerprint density at radius 3 is 2.21 bits per heavy atom. The zero-order valence-corrected chi connectivity index (χ0v) is 18.0. The van der Waals surface area contributed by atoms with E-state index in [1.807, 2.05) is 26.0 Å². The molecule has 7 nitrogen and oxygen atoms in total. The summed E-state index contributed by atoms with van der Waals surface area (Å²) in [4.78, 5) is 20.9. The maximum Gasteiger partial charge on any atom is 0.435 e. The van der Waals surface area contributed by atoms with Gasteiger partial charge in [-0.25, -0.2) is 14.6 Å². The van der Waals surface area contributed by atoms with Crippen LogP contribution in [0.2, 0.25) is 0 Å². The third-order valence-corrected chi connectivity index (χ3v) is 5.08. The van der Waals surface area contributed by atoms with Gasteiger partial charge >= 0.3 is 12.1 Å². The van der Waals surface area contributed by atoms with E-state index in [1.54, 1.807) is 37.3 Å². The molecule has 0 bridgehead atoms. The first-order valence-corrected chi connectivity index (χ1v) is 9.90. The van der Waals surface area contributed by atoms with E-state index in [4.69, 9.17) is 11.6 Å². The second kappa shape index (κ2) is 8.09. The minimum atomic E-state index is -4.53. The number of rotatable bonds is 4. The van der Waals surface area contributed by atoms with Gasteiger partial charge in [-0.05, 0) is 51.1 Å². The summed E-state index contributed by atoms with van der Waals surface area (Å²) in [6, 6.07) is 13.2. The Bertz CT molecular complexity index is 1370. The van der Waals surface area contributed by atoms with Crippen molar-refractivity contribution in [3.05, 3.63) is 88.9 Å². The molecule has 0 saturated heterocycles. The van der Waals surface area contributed by atoms with Crippen LogP contribution in [0.1, 0.15) is 36.6 Å². The van der Waals surface area contributed by atoms with Crippen LogP contribution >= 0.6 is 0 Å². The second-order valence-corrected chi connectivity index (χ2v) is 7.86. The van der Waals surface area contributed by atoms with Crippen molar-refractivity contribution in [3.8, 4) is 17.2 Å². The first-order chi connectivity index (χ1) is 15.6. The summed E-state index contributed by atoms with van der Waals surface area (Å²) in [5.74, 6) is 0.309. The van der Waals surface area contributed by atoms with Crippen molar-refractivity contribution in [1.82, 2.24) is 29.7 Å². The van der Waals surface area contributed by atoms with Crippen LogP contribution < -0.4 is 0 Å². The van der Waals surface area contributed by atoms with Crippen LogP contribution in [-0.4, -0.2) is 29.7 Å². The van der Waals surface area contributed by atoms with Crippen LogP contribution in [0.15, 0.2) is 54.7 Å². The highest BCUT2D eigenvalue weighted by Crippen LogP contribution is 2.32. The molecule has 0 aliphatic carbocycles. The van der Waals surface area contributed by atoms with Gasteiger partial charge in [-0.15, -0.1) is 11.6 Å². The molecule has 0 saturated carbocycles. The summed E-state index contributed by atoms with van der Waals surface area (Å²) in [5, 5.41) is 3.60. The molecule has 0 unspecified atom stereocenters. The van der Waals surface area contributed by atoms with E-state index < -0.39 is 17.3 Å². The number of hydrogen-bond donors (Lipinski definition) is 0. The lowest BCUT2D eigenvalue weighted by molar-refractivity contribution is -0.141. The summed E-state index contributed by atoms with van der Waals surface area (Å²) >= 11 is 0. The largest absolute Gasteiger partial charge is 0.435 e. The van der Waals surface area contributed by atoms with Crippen molar-refractivity contribution in [2.45, 2.75) is 32.4 Å². The maximum atomic E-state index is 12.9. The van der Waals surface area contributed by atoms with E-state index in [1.165, 1.54) is 6.20 Å². The van der Waals surface area contributed by atoms with Gasteiger partial charge in [0.1, 0.15) is 11.4 Å². The van der Waals surface area contributed by atoms with Gasteiger partial charge in [0.15, 0.2) is 11.5 Å². The average Bonchev–Trinajstić information content (AvgIpc) is 3.30. The van der Waals surface area contributed by atoms with Gasteiger partial charge in [0.05, 0.1) is 17.1 Å². The van der Waals surface area contributed by atoms with E-state index in [0.29, 0.717) is 28.5 Å². The lowest BCUT2D eigenvalue weighted by Gasteiger charge is -2.24. The summed E-state index contributed by atoms with van der Waals surface area (Å²) in [7, 11) is 0. The van der Waals surface area contributed by atoms with Gasteiger partial charge in [-0.1, -0.05) is 12.1 Å². The second-order valence-electron chi connectivity index (χ2n) is 7.86. The average molecular weight is 449 g/mol.